The van der Waals surface area contributed by atoms with Crippen LogP contribution in [0.3, 0.4) is 0 Å². The normalized spacial score (nSPS) is 26.6. The molecule has 0 spiro atoms. The molecule has 0 radical (unpaired) electrons. The van der Waals surface area contributed by atoms with Crippen LogP contribution in [-0.4, -0.2) is 6.54 Å². The predicted molar refractivity (Wildman–Crippen MR) is 64.8 cm³/mol. The molecule has 0 saturated heterocycles. The van der Waals surface area contributed by atoms with E-state index < -0.39 is 0 Å². The van der Waals surface area contributed by atoms with Crippen molar-refractivity contribution in [3.05, 3.63) is 48.0 Å². The molecule has 1 unspecified atom stereocenters. The Hall–Kier alpha value is -1.08. The first-order valence-corrected chi connectivity index (χ1v) is 5.73. The molecule has 1 aliphatic rings. The average molecular weight is 201 g/mol. The van der Waals surface area contributed by atoms with E-state index in [2.05, 4.69) is 36.9 Å². The molecule has 0 aromatic heterocycles. The molecule has 0 amide bonds. The van der Waals surface area contributed by atoms with Crippen molar-refractivity contribution in [2.24, 2.45) is 5.73 Å². The monoisotopic (exact) mass is 201 g/mol. The van der Waals surface area contributed by atoms with Crippen LogP contribution in [0.2, 0.25) is 0 Å². The van der Waals surface area contributed by atoms with Crippen LogP contribution in [0.25, 0.3) is 0 Å². The van der Waals surface area contributed by atoms with Crippen molar-refractivity contribution in [1.29, 1.82) is 0 Å². The van der Waals surface area contributed by atoms with Crippen molar-refractivity contribution in [3.63, 3.8) is 0 Å². The highest BCUT2D eigenvalue weighted by Gasteiger charge is 2.35. The quantitative estimate of drug-likeness (QED) is 0.731. The standard InChI is InChI=1S/C14H19N/c1-12-7-5-6-10-14(12,11-15)13-8-3-2-4-9-13/h2-4,8-9H,1,5-7,10-11,15H2. The highest BCUT2D eigenvalue weighted by molar-refractivity contribution is 5.37. The summed E-state index contributed by atoms with van der Waals surface area (Å²) >= 11 is 0. The SMILES string of the molecule is C=C1CCCCC1(CN)c1ccccc1. The second-order valence-electron chi connectivity index (χ2n) is 4.46. The first-order valence-electron chi connectivity index (χ1n) is 5.73. The Bertz CT molecular complexity index is 342. The van der Waals surface area contributed by atoms with Gasteiger partial charge in [-0.25, -0.2) is 0 Å². The third-order valence-electron chi connectivity index (χ3n) is 3.68. The Morgan fingerprint density at radius 3 is 2.53 bits per heavy atom. The molecule has 1 atom stereocenters. The van der Waals surface area contributed by atoms with E-state index in [1.54, 1.807) is 0 Å². The van der Waals surface area contributed by atoms with Crippen LogP contribution in [0.4, 0.5) is 0 Å². The van der Waals surface area contributed by atoms with Gasteiger partial charge in [0.15, 0.2) is 0 Å². The maximum atomic E-state index is 6.00. The van der Waals surface area contributed by atoms with E-state index in [0.717, 1.165) is 12.8 Å². The molecule has 1 saturated carbocycles. The van der Waals surface area contributed by atoms with Gasteiger partial charge < -0.3 is 5.73 Å². The lowest BCUT2D eigenvalue weighted by Gasteiger charge is -2.39. The summed E-state index contributed by atoms with van der Waals surface area (Å²) in [6.07, 6.45) is 4.83. The molecule has 2 rings (SSSR count). The maximum Gasteiger partial charge on any atom is 0.0281 e. The van der Waals surface area contributed by atoms with Gasteiger partial charge in [0.1, 0.15) is 0 Å². The first kappa shape index (κ1) is 10.4. The smallest absolute Gasteiger partial charge is 0.0281 e. The highest BCUT2D eigenvalue weighted by atomic mass is 14.6. The minimum atomic E-state index is 0.0551. The molecule has 0 heterocycles. The molecule has 1 aliphatic carbocycles. The molecule has 1 aromatic carbocycles. The number of hydrogen-bond acceptors (Lipinski definition) is 1. The van der Waals surface area contributed by atoms with Crippen molar-refractivity contribution >= 4 is 0 Å². The summed E-state index contributed by atoms with van der Waals surface area (Å²) in [5, 5.41) is 0. The summed E-state index contributed by atoms with van der Waals surface area (Å²) in [7, 11) is 0. The Morgan fingerprint density at radius 2 is 1.93 bits per heavy atom. The third kappa shape index (κ3) is 1.72. The lowest BCUT2D eigenvalue weighted by atomic mass is 9.66. The van der Waals surface area contributed by atoms with Gasteiger partial charge in [-0.1, -0.05) is 48.9 Å². The van der Waals surface area contributed by atoms with E-state index in [1.807, 2.05) is 0 Å². The Balaban J connectivity index is 2.40. The molecule has 0 aliphatic heterocycles. The zero-order valence-electron chi connectivity index (χ0n) is 9.21. The first-order chi connectivity index (χ1) is 7.29. The van der Waals surface area contributed by atoms with Gasteiger partial charge in [0.05, 0.1) is 0 Å². The maximum absolute atomic E-state index is 6.00. The minimum absolute atomic E-state index is 0.0551. The fraction of sp³-hybridized carbons (Fsp3) is 0.429. The van der Waals surface area contributed by atoms with Gasteiger partial charge in [-0.15, -0.1) is 0 Å². The van der Waals surface area contributed by atoms with Crippen LogP contribution in [0.15, 0.2) is 42.5 Å². The highest BCUT2D eigenvalue weighted by Crippen LogP contribution is 2.41. The second-order valence-corrected chi connectivity index (χ2v) is 4.46. The summed E-state index contributed by atoms with van der Waals surface area (Å²) in [5.41, 5.74) is 8.72. The molecular formula is C14H19N. The fourth-order valence-corrected chi connectivity index (χ4v) is 2.65. The van der Waals surface area contributed by atoms with Crippen LogP contribution in [0, 0.1) is 0 Å². The van der Waals surface area contributed by atoms with E-state index in [0.29, 0.717) is 6.54 Å². The predicted octanol–water partition coefficient (Wildman–Crippen LogP) is 3.01. The summed E-state index contributed by atoms with van der Waals surface area (Å²) in [5.74, 6) is 0. The zero-order chi connectivity index (χ0) is 10.7. The van der Waals surface area contributed by atoms with Gasteiger partial charge in [-0.2, -0.15) is 0 Å². The van der Waals surface area contributed by atoms with Gasteiger partial charge in [0, 0.05) is 12.0 Å². The Morgan fingerprint density at radius 1 is 1.20 bits per heavy atom. The summed E-state index contributed by atoms with van der Waals surface area (Å²) in [4.78, 5) is 0. The topological polar surface area (TPSA) is 26.0 Å². The third-order valence-corrected chi connectivity index (χ3v) is 3.68. The summed E-state index contributed by atoms with van der Waals surface area (Å²) < 4.78 is 0. The van der Waals surface area contributed by atoms with Crippen molar-refractivity contribution in [3.8, 4) is 0 Å². The largest absolute Gasteiger partial charge is 0.329 e. The number of benzene rings is 1. The molecule has 15 heavy (non-hydrogen) atoms. The number of nitrogens with two attached hydrogens (primary N) is 1. The molecule has 1 nitrogen and oxygen atoms in total. The summed E-state index contributed by atoms with van der Waals surface area (Å²) in [6.45, 7) is 4.93. The van der Waals surface area contributed by atoms with Crippen LogP contribution in [-0.2, 0) is 5.41 Å². The van der Waals surface area contributed by atoms with Crippen LogP contribution in [0.1, 0.15) is 31.2 Å². The molecular weight excluding hydrogens is 182 g/mol. The van der Waals surface area contributed by atoms with Gasteiger partial charge in [0.25, 0.3) is 0 Å². The Labute approximate surface area is 92.0 Å². The van der Waals surface area contributed by atoms with Gasteiger partial charge in [0.2, 0.25) is 0 Å². The second kappa shape index (κ2) is 4.19. The summed E-state index contributed by atoms with van der Waals surface area (Å²) in [6, 6.07) is 10.6. The van der Waals surface area contributed by atoms with Gasteiger partial charge >= 0.3 is 0 Å². The van der Waals surface area contributed by atoms with Crippen molar-refractivity contribution < 1.29 is 0 Å². The van der Waals surface area contributed by atoms with Crippen LogP contribution >= 0.6 is 0 Å². The van der Waals surface area contributed by atoms with Crippen molar-refractivity contribution in [1.82, 2.24) is 0 Å². The number of hydrogen-bond donors (Lipinski definition) is 1. The molecule has 80 valence electrons. The average Bonchev–Trinajstić information content (AvgIpc) is 2.31. The lowest BCUT2D eigenvalue weighted by molar-refractivity contribution is 0.392. The van der Waals surface area contributed by atoms with Gasteiger partial charge in [-0.05, 0) is 24.8 Å². The van der Waals surface area contributed by atoms with E-state index in [4.69, 9.17) is 5.73 Å². The van der Waals surface area contributed by atoms with E-state index >= 15 is 0 Å². The number of rotatable bonds is 2. The lowest BCUT2D eigenvalue weighted by Crippen LogP contribution is -2.38. The van der Waals surface area contributed by atoms with Crippen molar-refractivity contribution in [2.75, 3.05) is 6.54 Å². The fourth-order valence-electron chi connectivity index (χ4n) is 2.65. The van der Waals surface area contributed by atoms with E-state index in [1.165, 1.54) is 24.0 Å². The molecule has 2 N–H and O–H groups in total. The van der Waals surface area contributed by atoms with E-state index in [9.17, 15) is 0 Å². The molecule has 1 heteroatoms. The van der Waals surface area contributed by atoms with E-state index in [-0.39, 0.29) is 5.41 Å². The molecule has 1 aromatic rings. The van der Waals surface area contributed by atoms with Crippen LogP contribution < -0.4 is 5.73 Å². The Kier molecular flexibility index (Phi) is 2.92. The minimum Gasteiger partial charge on any atom is -0.329 e. The molecule has 0 bridgehead atoms. The zero-order valence-corrected chi connectivity index (χ0v) is 9.21. The van der Waals surface area contributed by atoms with Crippen molar-refractivity contribution in [2.45, 2.75) is 31.1 Å². The van der Waals surface area contributed by atoms with Gasteiger partial charge in [-0.3, -0.25) is 0 Å². The molecule has 1 fully saturated rings. The van der Waals surface area contributed by atoms with Crippen LogP contribution in [0.5, 0.6) is 0 Å².